The molecule has 7 nitrogen and oxygen atoms in total. The average Bonchev–Trinajstić information content (AvgIpc) is 3.52. The Morgan fingerprint density at radius 2 is 1.77 bits per heavy atom. The van der Waals surface area contributed by atoms with Gasteiger partial charge >= 0.3 is 0 Å². The molecule has 1 fully saturated rings. The minimum atomic E-state index is 0.250. The number of ether oxygens (including phenoxy) is 1. The number of aryl methyl sites for hydroxylation is 2. The van der Waals surface area contributed by atoms with E-state index in [1.54, 1.807) is 6.07 Å². The van der Waals surface area contributed by atoms with Crippen molar-refractivity contribution in [2.45, 2.75) is 20.5 Å². The van der Waals surface area contributed by atoms with Crippen molar-refractivity contribution in [2.75, 3.05) is 36.0 Å². The van der Waals surface area contributed by atoms with Gasteiger partial charge in [0.1, 0.15) is 24.2 Å². The molecular formula is C27H25ClN4O3. The topological polar surface area (TPSA) is 78.7 Å². The van der Waals surface area contributed by atoms with Crippen LogP contribution in [0.3, 0.4) is 0 Å². The molecule has 0 spiro atoms. The van der Waals surface area contributed by atoms with E-state index in [4.69, 9.17) is 25.2 Å². The first-order chi connectivity index (χ1) is 17.0. The number of nitrogens with zero attached hydrogens (tertiary/aromatic N) is 4. The summed E-state index contributed by atoms with van der Waals surface area (Å²) in [7, 11) is 0. The SMILES string of the molecule is Cc1ccc(OCc2ccc(-c3nc(C#N)c(N4CCN(c5cccc(Cl)c5)CC4)o3)o2)cc1C. The molecule has 4 aromatic rings. The van der Waals surface area contributed by atoms with Crippen LogP contribution in [0.4, 0.5) is 11.6 Å². The number of halogens is 1. The summed E-state index contributed by atoms with van der Waals surface area (Å²) in [5.41, 5.74) is 3.73. The Hall–Kier alpha value is -3.89. The molecule has 1 aliphatic heterocycles. The van der Waals surface area contributed by atoms with Crippen LogP contribution in [0.1, 0.15) is 22.6 Å². The molecule has 0 saturated carbocycles. The van der Waals surface area contributed by atoms with Crippen molar-refractivity contribution in [3.63, 3.8) is 0 Å². The van der Waals surface area contributed by atoms with E-state index in [-0.39, 0.29) is 18.2 Å². The van der Waals surface area contributed by atoms with Crippen LogP contribution in [-0.4, -0.2) is 31.2 Å². The minimum absolute atomic E-state index is 0.250. The second-order valence-corrected chi connectivity index (χ2v) is 8.98. The summed E-state index contributed by atoms with van der Waals surface area (Å²) in [5, 5.41) is 10.4. The van der Waals surface area contributed by atoms with Crippen molar-refractivity contribution < 1.29 is 13.6 Å². The molecule has 5 rings (SSSR count). The Morgan fingerprint density at radius 3 is 2.51 bits per heavy atom. The third-order valence-corrected chi connectivity index (χ3v) is 6.42. The highest BCUT2D eigenvalue weighted by molar-refractivity contribution is 6.30. The molecule has 1 aliphatic rings. The van der Waals surface area contributed by atoms with Crippen molar-refractivity contribution in [1.29, 1.82) is 5.26 Å². The Kier molecular flexibility index (Phi) is 6.39. The highest BCUT2D eigenvalue weighted by atomic mass is 35.5. The van der Waals surface area contributed by atoms with Gasteiger partial charge in [-0.2, -0.15) is 10.2 Å². The lowest BCUT2D eigenvalue weighted by atomic mass is 10.1. The summed E-state index contributed by atoms with van der Waals surface area (Å²) in [6.45, 7) is 7.36. The van der Waals surface area contributed by atoms with Gasteiger partial charge in [-0.1, -0.05) is 23.7 Å². The van der Waals surface area contributed by atoms with Gasteiger partial charge in [0.05, 0.1) is 0 Å². The van der Waals surface area contributed by atoms with Gasteiger partial charge in [-0.05, 0) is 67.4 Å². The third-order valence-electron chi connectivity index (χ3n) is 6.19. The third kappa shape index (κ3) is 4.98. The number of furan rings is 1. The molecule has 35 heavy (non-hydrogen) atoms. The zero-order valence-electron chi connectivity index (χ0n) is 19.6. The van der Waals surface area contributed by atoms with Crippen molar-refractivity contribution in [3.8, 4) is 23.5 Å². The lowest BCUT2D eigenvalue weighted by Gasteiger charge is -2.35. The molecule has 0 atom stereocenters. The normalized spacial score (nSPS) is 13.7. The fourth-order valence-corrected chi connectivity index (χ4v) is 4.26. The minimum Gasteiger partial charge on any atom is -0.486 e. The van der Waals surface area contributed by atoms with Gasteiger partial charge in [-0.3, -0.25) is 0 Å². The van der Waals surface area contributed by atoms with Crippen LogP contribution in [0.25, 0.3) is 11.7 Å². The van der Waals surface area contributed by atoms with Gasteiger partial charge in [-0.25, -0.2) is 0 Å². The largest absolute Gasteiger partial charge is 0.486 e. The standard InChI is InChI=1S/C27H25ClN4O3/c1-18-6-7-22(14-19(18)2)33-17-23-8-9-25(34-23)26-30-24(16-29)27(35-26)32-12-10-31(11-13-32)21-5-3-4-20(28)15-21/h3-9,14-15H,10-13,17H2,1-2H3. The van der Waals surface area contributed by atoms with E-state index in [9.17, 15) is 5.26 Å². The smallest absolute Gasteiger partial charge is 0.266 e. The Morgan fingerprint density at radius 1 is 0.971 bits per heavy atom. The highest BCUT2D eigenvalue weighted by Crippen LogP contribution is 2.31. The Labute approximate surface area is 209 Å². The first kappa shape index (κ1) is 22.9. The van der Waals surface area contributed by atoms with Crippen LogP contribution in [-0.2, 0) is 6.61 Å². The van der Waals surface area contributed by atoms with Crippen LogP contribution in [0.5, 0.6) is 5.75 Å². The number of aromatic nitrogens is 1. The van der Waals surface area contributed by atoms with Crippen LogP contribution >= 0.6 is 11.6 Å². The molecule has 1 saturated heterocycles. The Bertz CT molecular complexity index is 1380. The van der Waals surface area contributed by atoms with Crippen LogP contribution in [0, 0.1) is 25.2 Å². The van der Waals surface area contributed by atoms with Gasteiger partial charge in [0.15, 0.2) is 5.76 Å². The number of hydrogen-bond donors (Lipinski definition) is 0. The summed E-state index contributed by atoms with van der Waals surface area (Å²) in [6, 6.07) is 19.6. The van der Waals surface area contributed by atoms with E-state index >= 15 is 0 Å². The second kappa shape index (κ2) is 9.77. The lowest BCUT2D eigenvalue weighted by molar-refractivity contribution is 0.271. The predicted molar refractivity (Wildman–Crippen MR) is 135 cm³/mol. The monoisotopic (exact) mass is 488 g/mol. The lowest BCUT2D eigenvalue weighted by Crippen LogP contribution is -2.46. The first-order valence-corrected chi connectivity index (χ1v) is 11.8. The number of nitriles is 1. The van der Waals surface area contributed by atoms with Crippen molar-refractivity contribution in [2.24, 2.45) is 0 Å². The molecule has 0 N–H and O–H groups in total. The Balaban J connectivity index is 1.26. The van der Waals surface area contributed by atoms with Crippen molar-refractivity contribution >= 4 is 23.2 Å². The van der Waals surface area contributed by atoms with Gasteiger partial charge in [0, 0.05) is 36.9 Å². The highest BCUT2D eigenvalue weighted by Gasteiger charge is 2.26. The number of benzene rings is 2. The van der Waals surface area contributed by atoms with Crippen LogP contribution in [0.15, 0.2) is 63.4 Å². The number of anilines is 2. The molecule has 0 aliphatic carbocycles. The molecule has 178 valence electrons. The first-order valence-electron chi connectivity index (χ1n) is 11.5. The molecule has 3 heterocycles. The molecule has 8 heteroatoms. The molecular weight excluding hydrogens is 464 g/mol. The van der Waals surface area contributed by atoms with Gasteiger partial charge in [0.2, 0.25) is 11.6 Å². The van der Waals surface area contributed by atoms with E-state index in [0.29, 0.717) is 35.5 Å². The van der Waals surface area contributed by atoms with E-state index in [1.165, 1.54) is 11.1 Å². The summed E-state index contributed by atoms with van der Waals surface area (Å²) in [5.74, 6) is 2.65. The summed E-state index contributed by atoms with van der Waals surface area (Å²) < 4.78 is 17.8. The van der Waals surface area contributed by atoms with E-state index in [1.807, 2.05) is 53.4 Å². The van der Waals surface area contributed by atoms with Gasteiger partial charge in [0.25, 0.3) is 5.89 Å². The van der Waals surface area contributed by atoms with Gasteiger partial charge < -0.3 is 23.4 Å². The quantitative estimate of drug-likeness (QED) is 0.330. The predicted octanol–water partition coefficient (Wildman–Crippen LogP) is 5.98. The van der Waals surface area contributed by atoms with Crippen LogP contribution in [0.2, 0.25) is 5.02 Å². The summed E-state index contributed by atoms with van der Waals surface area (Å²) in [4.78, 5) is 8.69. The molecule has 2 aromatic heterocycles. The zero-order valence-corrected chi connectivity index (χ0v) is 20.4. The molecule has 0 radical (unpaired) electrons. The second-order valence-electron chi connectivity index (χ2n) is 8.54. The molecule has 0 amide bonds. The van der Waals surface area contributed by atoms with Crippen molar-refractivity contribution in [1.82, 2.24) is 4.98 Å². The summed E-state index contributed by atoms with van der Waals surface area (Å²) in [6.07, 6.45) is 0. The fourth-order valence-electron chi connectivity index (χ4n) is 4.07. The number of oxazole rings is 1. The number of hydrogen-bond acceptors (Lipinski definition) is 7. The fraction of sp³-hybridized carbons (Fsp3) is 0.259. The molecule has 0 bridgehead atoms. The van der Waals surface area contributed by atoms with E-state index in [0.717, 1.165) is 24.5 Å². The zero-order chi connectivity index (χ0) is 24.4. The van der Waals surface area contributed by atoms with E-state index in [2.05, 4.69) is 29.8 Å². The van der Waals surface area contributed by atoms with E-state index < -0.39 is 0 Å². The van der Waals surface area contributed by atoms with Crippen molar-refractivity contribution in [3.05, 3.63) is 82.2 Å². The molecule has 0 unspecified atom stereocenters. The maximum absolute atomic E-state index is 9.65. The number of rotatable bonds is 6. The molecule has 2 aromatic carbocycles. The average molecular weight is 489 g/mol. The van der Waals surface area contributed by atoms with Crippen LogP contribution < -0.4 is 14.5 Å². The maximum atomic E-state index is 9.65. The summed E-state index contributed by atoms with van der Waals surface area (Å²) >= 11 is 6.14. The van der Waals surface area contributed by atoms with Gasteiger partial charge in [-0.15, -0.1) is 0 Å². The number of piperazine rings is 1. The maximum Gasteiger partial charge on any atom is 0.266 e.